The largest absolute Gasteiger partial charge is 0.391 e. The van der Waals surface area contributed by atoms with Crippen LogP contribution in [-0.2, 0) is 13.1 Å². The number of hydrogen-bond acceptors (Lipinski definition) is 4. The summed E-state index contributed by atoms with van der Waals surface area (Å²) in [5.74, 6) is 5.45. The molecule has 1 aliphatic carbocycles. The third kappa shape index (κ3) is 3.78. The highest BCUT2D eigenvalue weighted by Crippen LogP contribution is 2.36. The molecule has 1 saturated carbocycles. The van der Waals surface area contributed by atoms with Gasteiger partial charge >= 0.3 is 0 Å². The lowest BCUT2D eigenvalue weighted by atomic mass is 9.91. The minimum atomic E-state index is -1.38. The van der Waals surface area contributed by atoms with Gasteiger partial charge in [0.25, 0.3) is 5.91 Å². The summed E-state index contributed by atoms with van der Waals surface area (Å²) < 4.78 is 14.7. The lowest BCUT2D eigenvalue weighted by molar-refractivity contribution is 0.0192. The molecular formula is C26H30FN3O2. The average molecular weight is 436 g/mol. The summed E-state index contributed by atoms with van der Waals surface area (Å²) in [6.45, 7) is 4.12. The molecule has 0 spiro atoms. The van der Waals surface area contributed by atoms with E-state index < -0.39 is 11.8 Å². The van der Waals surface area contributed by atoms with Crippen LogP contribution < -0.4 is 0 Å². The molecule has 1 aromatic heterocycles. The molecular weight excluding hydrogens is 405 g/mol. The van der Waals surface area contributed by atoms with E-state index >= 15 is 0 Å². The van der Waals surface area contributed by atoms with Gasteiger partial charge in [0.1, 0.15) is 0 Å². The Morgan fingerprint density at radius 1 is 1.28 bits per heavy atom. The van der Waals surface area contributed by atoms with Crippen LogP contribution in [0.1, 0.15) is 66.9 Å². The number of pyridine rings is 1. The summed E-state index contributed by atoms with van der Waals surface area (Å²) >= 11 is 0. The Morgan fingerprint density at radius 2 is 2.06 bits per heavy atom. The fraction of sp³-hybridized carbons (Fsp3) is 0.538. The number of aliphatic hydroxyl groups excluding tert-OH is 1. The fourth-order valence-corrected chi connectivity index (χ4v) is 5.63. The average Bonchev–Trinajstić information content (AvgIpc) is 3.12. The summed E-state index contributed by atoms with van der Waals surface area (Å²) in [5, 5.41) is 11.6. The van der Waals surface area contributed by atoms with E-state index in [1.807, 2.05) is 17.0 Å². The van der Waals surface area contributed by atoms with E-state index in [-0.39, 0.29) is 11.9 Å². The van der Waals surface area contributed by atoms with Gasteiger partial charge in [-0.2, -0.15) is 0 Å². The Kier molecular flexibility index (Phi) is 5.65. The van der Waals surface area contributed by atoms with Gasteiger partial charge in [0.15, 0.2) is 5.67 Å². The van der Waals surface area contributed by atoms with Crippen molar-refractivity contribution in [1.82, 2.24) is 14.8 Å². The van der Waals surface area contributed by atoms with E-state index in [1.165, 1.54) is 0 Å². The quantitative estimate of drug-likeness (QED) is 0.745. The van der Waals surface area contributed by atoms with E-state index in [9.17, 15) is 14.3 Å². The second-order valence-electron chi connectivity index (χ2n) is 9.43. The number of carbonyl (C=O) groups is 1. The molecule has 2 atom stereocenters. The number of fused-ring (bicyclic) bond motifs is 3. The predicted molar refractivity (Wildman–Crippen MR) is 122 cm³/mol. The van der Waals surface area contributed by atoms with Gasteiger partial charge in [-0.25, -0.2) is 4.39 Å². The van der Waals surface area contributed by atoms with Gasteiger partial charge in [0.05, 0.1) is 17.7 Å². The molecule has 5 nitrogen and oxygen atoms in total. The van der Waals surface area contributed by atoms with Crippen molar-refractivity contribution in [3.8, 4) is 11.8 Å². The third-order valence-corrected chi connectivity index (χ3v) is 7.39. The van der Waals surface area contributed by atoms with Crippen LogP contribution >= 0.6 is 0 Å². The van der Waals surface area contributed by atoms with Crippen LogP contribution in [0, 0.1) is 11.8 Å². The van der Waals surface area contributed by atoms with Gasteiger partial charge in [0.2, 0.25) is 0 Å². The fourth-order valence-electron chi connectivity index (χ4n) is 5.63. The van der Waals surface area contributed by atoms with Crippen molar-refractivity contribution < 1.29 is 14.3 Å². The van der Waals surface area contributed by atoms with Gasteiger partial charge in [-0.3, -0.25) is 14.7 Å². The van der Waals surface area contributed by atoms with Crippen molar-refractivity contribution in [1.29, 1.82) is 0 Å². The number of halogens is 1. The number of likely N-dealkylation sites (tertiary alicyclic amines) is 1. The van der Waals surface area contributed by atoms with E-state index in [4.69, 9.17) is 0 Å². The molecule has 1 saturated heterocycles. The zero-order valence-electron chi connectivity index (χ0n) is 18.6. The monoisotopic (exact) mass is 435 g/mol. The van der Waals surface area contributed by atoms with Crippen LogP contribution in [0.15, 0.2) is 24.4 Å². The summed E-state index contributed by atoms with van der Waals surface area (Å²) in [6.07, 6.45) is 5.78. The highest BCUT2D eigenvalue weighted by Gasteiger charge is 2.39. The highest BCUT2D eigenvalue weighted by molar-refractivity contribution is 6.04. The van der Waals surface area contributed by atoms with Crippen molar-refractivity contribution in [3.63, 3.8) is 0 Å². The Hall–Kier alpha value is -2.49. The van der Waals surface area contributed by atoms with Gasteiger partial charge in [0, 0.05) is 61.7 Å². The maximum Gasteiger partial charge on any atom is 0.254 e. The molecule has 0 bridgehead atoms. The van der Waals surface area contributed by atoms with Crippen LogP contribution in [0.5, 0.6) is 0 Å². The van der Waals surface area contributed by atoms with Gasteiger partial charge in [-0.05, 0) is 37.5 Å². The maximum absolute atomic E-state index is 14.7. The minimum Gasteiger partial charge on any atom is -0.391 e. The number of amides is 1. The van der Waals surface area contributed by atoms with Crippen LogP contribution in [0.4, 0.5) is 4.39 Å². The number of rotatable bonds is 3. The number of aromatic nitrogens is 1. The first-order valence-electron chi connectivity index (χ1n) is 11.7. The first-order valence-corrected chi connectivity index (χ1v) is 11.7. The van der Waals surface area contributed by atoms with Crippen LogP contribution in [0.3, 0.4) is 0 Å². The zero-order chi connectivity index (χ0) is 22.3. The molecule has 1 N–H and O–H groups in total. The normalized spacial score (nSPS) is 25.5. The van der Waals surface area contributed by atoms with Crippen LogP contribution in [0.25, 0.3) is 10.9 Å². The number of piperidine rings is 1. The maximum atomic E-state index is 14.7. The second-order valence-corrected chi connectivity index (χ2v) is 9.43. The summed E-state index contributed by atoms with van der Waals surface area (Å²) in [6, 6.07) is 5.88. The number of aliphatic hydroxyl groups is 1. The van der Waals surface area contributed by atoms with Crippen molar-refractivity contribution in [2.45, 2.75) is 76.4 Å². The Bertz CT molecular complexity index is 1100. The molecule has 168 valence electrons. The topological polar surface area (TPSA) is 56.7 Å². The van der Waals surface area contributed by atoms with Crippen molar-refractivity contribution in [3.05, 3.63) is 41.1 Å². The molecule has 2 aliphatic heterocycles. The Balaban J connectivity index is 1.44. The van der Waals surface area contributed by atoms with Gasteiger partial charge in [-0.1, -0.05) is 24.8 Å². The van der Waals surface area contributed by atoms with Crippen LogP contribution in [-0.4, -0.2) is 56.7 Å². The number of nitrogens with zero attached hydrogens (tertiary/aromatic N) is 3. The van der Waals surface area contributed by atoms with Crippen molar-refractivity contribution in [2.24, 2.45) is 0 Å². The molecule has 0 unspecified atom stereocenters. The van der Waals surface area contributed by atoms with Gasteiger partial charge < -0.3 is 10.0 Å². The third-order valence-electron chi connectivity index (χ3n) is 7.39. The summed E-state index contributed by atoms with van der Waals surface area (Å²) in [5.41, 5.74) is 2.21. The molecule has 5 rings (SSSR count). The lowest BCUT2D eigenvalue weighted by Crippen LogP contribution is -2.45. The molecule has 3 heterocycles. The number of carbonyl (C=O) groups excluding carboxylic acids is 1. The second kappa shape index (κ2) is 8.46. The predicted octanol–water partition coefficient (Wildman–Crippen LogP) is 3.82. The van der Waals surface area contributed by atoms with Crippen LogP contribution in [0.2, 0.25) is 0 Å². The first-order chi connectivity index (χ1) is 15.5. The molecule has 0 radical (unpaired) electrons. The first kappa shape index (κ1) is 21.4. The molecule has 6 heteroatoms. The molecule has 32 heavy (non-hydrogen) atoms. The highest BCUT2D eigenvalue weighted by atomic mass is 19.1. The minimum absolute atomic E-state index is 0.000562. The summed E-state index contributed by atoms with van der Waals surface area (Å²) in [4.78, 5) is 22.1. The van der Waals surface area contributed by atoms with Crippen molar-refractivity contribution in [2.75, 3.05) is 13.1 Å². The van der Waals surface area contributed by atoms with Crippen molar-refractivity contribution >= 4 is 16.8 Å². The summed E-state index contributed by atoms with van der Waals surface area (Å²) in [7, 11) is 0. The number of alkyl halides is 1. The standard InChI is InChI=1S/C26H30FN3O2/c1-2-9-26(27)10-13-29(14-11-26)16-18-15-20-21(24-19(18)6-5-12-28-24)17-30(25(20)32)22-7-3-4-8-23(22)31/h5-6,12,15,22-23,31H,3-4,7-8,10-11,13-14,16-17H2,1H3/t22-,23-/m0/s1. The van der Waals surface area contributed by atoms with Gasteiger partial charge in [-0.15, -0.1) is 5.92 Å². The molecule has 1 aromatic carbocycles. The lowest BCUT2D eigenvalue weighted by Gasteiger charge is -2.35. The Labute approximate surface area is 188 Å². The Morgan fingerprint density at radius 3 is 2.81 bits per heavy atom. The zero-order valence-corrected chi connectivity index (χ0v) is 18.6. The smallest absolute Gasteiger partial charge is 0.254 e. The molecule has 2 fully saturated rings. The van der Waals surface area contributed by atoms with E-state index in [1.54, 1.807) is 13.1 Å². The molecule has 2 aromatic rings. The van der Waals surface area contributed by atoms with E-state index in [0.29, 0.717) is 44.6 Å². The number of hydrogen-bond donors (Lipinski definition) is 1. The van der Waals surface area contributed by atoms with E-state index in [0.717, 1.165) is 47.7 Å². The SMILES string of the molecule is CC#CC1(F)CCN(Cc2cc3c(c4ncccc24)CN([C@H]2CCCC[C@@H]2O)C3=O)CC1. The molecule has 1 amide bonds. The molecule has 3 aliphatic rings. The van der Waals surface area contributed by atoms with E-state index in [2.05, 4.69) is 27.8 Å². The number of benzene rings is 1.